The van der Waals surface area contributed by atoms with Gasteiger partial charge >= 0.3 is 12.0 Å². The predicted molar refractivity (Wildman–Crippen MR) is 66.8 cm³/mol. The van der Waals surface area contributed by atoms with Crippen LogP contribution < -0.4 is 10.6 Å². The number of imide groups is 1. The molecule has 0 saturated carbocycles. The third-order valence-electron chi connectivity index (χ3n) is 3.42. The Hall–Kier alpha value is -2.37. The van der Waals surface area contributed by atoms with Crippen molar-refractivity contribution in [2.75, 3.05) is 0 Å². The normalized spacial score (nSPS) is 22.0. The van der Waals surface area contributed by atoms with Gasteiger partial charge in [-0.1, -0.05) is 19.1 Å². The van der Waals surface area contributed by atoms with E-state index in [9.17, 15) is 14.4 Å². The first-order valence-corrected chi connectivity index (χ1v) is 5.88. The Kier molecular flexibility index (Phi) is 3.01. The van der Waals surface area contributed by atoms with E-state index in [1.165, 1.54) is 6.07 Å². The molecule has 1 fully saturated rings. The number of benzene rings is 1. The zero-order valence-corrected chi connectivity index (χ0v) is 10.6. The molecule has 1 aromatic carbocycles. The predicted octanol–water partition coefficient (Wildman–Crippen LogP) is 1.14. The maximum atomic E-state index is 12.0. The van der Waals surface area contributed by atoms with Crippen LogP contribution in [0.15, 0.2) is 18.2 Å². The van der Waals surface area contributed by atoms with Crippen LogP contribution >= 0.6 is 0 Å². The standard InChI is InChI=1S/C13H14N2O4/c1-3-13(11(18)14-12(19)15-13)8-4-5-9(10(16)17)7(2)6-8/h4-6H,3H2,1-2H3,(H,16,17)(H2,14,15,18,19). The second-order valence-electron chi connectivity index (χ2n) is 4.50. The fraction of sp³-hybridized carbons (Fsp3) is 0.308. The molecule has 0 aromatic heterocycles. The van der Waals surface area contributed by atoms with Gasteiger partial charge in [-0.25, -0.2) is 9.59 Å². The fourth-order valence-electron chi connectivity index (χ4n) is 2.32. The number of aryl methyl sites for hydroxylation is 1. The van der Waals surface area contributed by atoms with Crippen LogP contribution in [-0.2, 0) is 10.3 Å². The van der Waals surface area contributed by atoms with Crippen molar-refractivity contribution < 1.29 is 19.5 Å². The van der Waals surface area contributed by atoms with Crippen LogP contribution in [0.25, 0.3) is 0 Å². The highest BCUT2D eigenvalue weighted by Crippen LogP contribution is 2.29. The van der Waals surface area contributed by atoms with Crippen LogP contribution in [0.3, 0.4) is 0 Å². The molecule has 6 nitrogen and oxygen atoms in total. The van der Waals surface area contributed by atoms with Gasteiger partial charge in [-0.3, -0.25) is 10.1 Å². The van der Waals surface area contributed by atoms with E-state index in [1.54, 1.807) is 26.0 Å². The molecule has 1 unspecified atom stereocenters. The van der Waals surface area contributed by atoms with E-state index in [1.807, 2.05) is 0 Å². The van der Waals surface area contributed by atoms with Gasteiger partial charge in [0.25, 0.3) is 5.91 Å². The number of aromatic carboxylic acids is 1. The van der Waals surface area contributed by atoms with Gasteiger partial charge in [0.05, 0.1) is 5.56 Å². The summed E-state index contributed by atoms with van der Waals surface area (Å²) in [7, 11) is 0. The quantitative estimate of drug-likeness (QED) is 0.712. The minimum Gasteiger partial charge on any atom is -0.478 e. The van der Waals surface area contributed by atoms with E-state index in [-0.39, 0.29) is 5.56 Å². The summed E-state index contributed by atoms with van der Waals surface area (Å²) >= 11 is 0. The monoisotopic (exact) mass is 262 g/mol. The third-order valence-corrected chi connectivity index (χ3v) is 3.42. The highest BCUT2D eigenvalue weighted by atomic mass is 16.4. The SMILES string of the molecule is CCC1(c2ccc(C(=O)O)c(C)c2)NC(=O)NC1=O. The Morgan fingerprint density at radius 3 is 2.47 bits per heavy atom. The number of urea groups is 1. The van der Waals surface area contributed by atoms with E-state index in [2.05, 4.69) is 10.6 Å². The Morgan fingerprint density at radius 2 is 2.05 bits per heavy atom. The number of carbonyl (C=O) groups is 3. The van der Waals surface area contributed by atoms with Gasteiger partial charge in [-0.15, -0.1) is 0 Å². The van der Waals surface area contributed by atoms with Crippen molar-refractivity contribution in [3.05, 3.63) is 34.9 Å². The van der Waals surface area contributed by atoms with E-state index in [4.69, 9.17) is 5.11 Å². The van der Waals surface area contributed by atoms with Gasteiger partial charge in [0, 0.05) is 0 Å². The fourth-order valence-corrected chi connectivity index (χ4v) is 2.32. The summed E-state index contributed by atoms with van der Waals surface area (Å²) in [4.78, 5) is 34.3. The topological polar surface area (TPSA) is 95.5 Å². The van der Waals surface area contributed by atoms with Crippen LogP contribution in [0, 0.1) is 6.92 Å². The Morgan fingerprint density at radius 1 is 1.37 bits per heavy atom. The Balaban J connectivity index is 2.51. The molecule has 2 rings (SSSR count). The summed E-state index contributed by atoms with van der Waals surface area (Å²) in [6.07, 6.45) is 0.385. The molecule has 3 N–H and O–H groups in total. The molecule has 1 aliphatic heterocycles. The Labute approximate surface area is 109 Å². The molecular formula is C13H14N2O4. The average Bonchev–Trinajstić information content (AvgIpc) is 2.64. The molecule has 6 heteroatoms. The second kappa shape index (κ2) is 4.38. The van der Waals surface area contributed by atoms with Gasteiger partial charge in [0.15, 0.2) is 0 Å². The van der Waals surface area contributed by atoms with Crippen LogP contribution in [0.5, 0.6) is 0 Å². The lowest BCUT2D eigenvalue weighted by molar-refractivity contribution is -0.124. The summed E-state index contributed by atoms with van der Waals surface area (Å²) in [5, 5.41) is 13.8. The van der Waals surface area contributed by atoms with Crippen molar-refractivity contribution >= 4 is 17.9 Å². The van der Waals surface area contributed by atoms with Crippen molar-refractivity contribution in [2.24, 2.45) is 0 Å². The molecule has 1 aromatic rings. The second-order valence-corrected chi connectivity index (χ2v) is 4.50. The van der Waals surface area contributed by atoms with Gasteiger partial charge in [0.1, 0.15) is 5.54 Å². The van der Waals surface area contributed by atoms with Crippen molar-refractivity contribution in [3.8, 4) is 0 Å². The molecule has 1 heterocycles. The summed E-state index contributed by atoms with van der Waals surface area (Å²) in [5.41, 5.74) is 0.200. The molecule has 0 spiro atoms. The Bertz CT molecular complexity index is 582. The minimum absolute atomic E-state index is 0.180. The third kappa shape index (κ3) is 1.95. The van der Waals surface area contributed by atoms with Crippen molar-refractivity contribution in [1.29, 1.82) is 0 Å². The van der Waals surface area contributed by atoms with Gasteiger partial charge < -0.3 is 10.4 Å². The molecule has 1 atom stereocenters. The molecule has 1 aliphatic rings. The summed E-state index contributed by atoms with van der Waals surface area (Å²) in [6.45, 7) is 3.44. The minimum atomic E-state index is -1.11. The smallest absolute Gasteiger partial charge is 0.335 e. The van der Waals surface area contributed by atoms with Gasteiger partial charge in [-0.05, 0) is 30.5 Å². The lowest BCUT2D eigenvalue weighted by Gasteiger charge is -2.25. The summed E-state index contributed by atoms with van der Waals surface area (Å²) in [5.74, 6) is -1.43. The molecule has 1 saturated heterocycles. The largest absolute Gasteiger partial charge is 0.478 e. The van der Waals surface area contributed by atoms with Gasteiger partial charge in [0.2, 0.25) is 0 Å². The zero-order valence-electron chi connectivity index (χ0n) is 10.6. The average molecular weight is 262 g/mol. The molecule has 0 aliphatic carbocycles. The number of nitrogens with one attached hydrogen (secondary N) is 2. The van der Waals surface area contributed by atoms with Crippen molar-refractivity contribution in [1.82, 2.24) is 10.6 Å². The van der Waals surface area contributed by atoms with Crippen molar-refractivity contribution in [2.45, 2.75) is 25.8 Å². The van der Waals surface area contributed by atoms with Crippen LogP contribution in [-0.4, -0.2) is 23.0 Å². The highest BCUT2D eigenvalue weighted by Gasteiger charge is 2.46. The van der Waals surface area contributed by atoms with Crippen molar-refractivity contribution in [3.63, 3.8) is 0 Å². The first-order chi connectivity index (χ1) is 8.90. The molecule has 3 amide bonds. The molecule has 100 valence electrons. The number of rotatable bonds is 3. The van der Waals surface area contributed by atoms with E-state index in [0.29, 0.717) is 17.5 Å². The lowest BCUT2D eigenvalue weighted by atomic mass is 9.85. The number of carboxylic acid groups (broad SMARTS) is 1. The van der Waals surface area contributed by atoms with Crippen LogP contribution in [0.1, 0.15) is 34.8 Å². The molecule has 0 bridgehead atoms. The number of carbonyl (C=O) groups excluding carboxylic acids is 2. The van der Waals surface area contributed by atoms with Crippen LogP contribution in [0.2, 0.25) is 0 Å². The number of carboxylic acids is 1. The zero-order chi connectivity index (χ0) is 14.2. The number of hydrogen-bond donors (Lipinski definition) is 3. The first-order valence-electron chi connectivity index (χ1n) is 5.88. The first kappa shape index (κ1) is 13.1. The molecule has 0 radical (unpaired) electrons. The van der Waals surface area contributed by atoms with E-state index >= 15 is 0 Å². The maximum absolute atomic E-state index is 12.0. The van der Waals surface area contributed by atoms with Crippen LogP contribution in [0.4, 0.5) is 4.79 Å². The number of amides is 3. The lowest BCUT2D eigenvalue weighted by Crippen LogP contribution is -2.43. The molecular weight excluding hydrogens is 248 g/mol. The maximum Gasteiger partial charge on any atom is 0.335 e. The highest BCUT2D eigenvalue weighted by molar-refractivity contribution is 6.07. The van der Waals surface area contributed by atoms with Gasteiger partial charge in [-0.2, -0.15) is 0 Å². The summed E-state index contributed by atoms with van der Waals surface area (Å²) < 4.78 is 0. The number of hydrogen-bond acceptors (Lipinski definition) is 3. The summed E-state index contributed by atoms with van der Waals surface area (Å²) in [6, 6.07) is 4.10. The molecule has 19 heavy (non-hydrogen) atoms. The van der Waals surface area contributed by atoms with E-state index in [0.717, 1.165) is 0 Å². The van der Waals surface area contributed by atoms with E-state index < -0.39 is 23.4 Å².